The highest BCUT2D eigenvalue weighted by atomic mass is 32.2. The molecule has 2 aromatic rings. The maximum absolute atomic E-state index is 12.8. The number of piperidine rings is 1. The van der Waals surface area contributed by atoms with Crippen molar-refractivity contribution in [2.24, 2.45) is 13.0 Å². The van der Waals surface area contributed by atoms with Crippen LogP contribution in [0.3, 0.4) is 0 Å². The molecule has 130 valence electrons. The van der Waals surface area contributed by atoms with Gasteiger partial charge < -0.3 is 4.74 Å². The van der Waals surface area contributed by atoms with Crippen molar-refractivity contribution >= 4 is 10.0 Å². The fraction of sp³-hybridized carbons (Fsp3) is 0.471. The first-order valence-corrected chi connectivity index (χ1v) is 9.55. The number of sulfonamides is 1. The lowest BCUT2D eigenvalue weighted by molar-refractivity contribution is 0.263. The molecule has 1 saturated heterocycles. The molecule has 0 saturated carbocycles. The standard InChI is InChI=1S/C17H23N3O3S/c1-19-13-16(11-18-19)24(21,22)20-9-5-6-14(12-20)10-15-7-3-4-8-17(15)23-2/h3-4,7-8,11,13-14H,5-6,9-10,12H2,1-2H3/t14-/m0/s1. The Kier molecular flexibility index (Phi) is 4.91. The molecule has 0 bridgehead atoms. The van der Waals surface area contributed by atoms with Crippen LogP contribution in [0.5, 0.6) is 5.75 Å². The first-order valence-electron chi connectivity index (χ1n) is 8.11. The van der Waals surface area contributed by atoms with Crippen LogP contribution in [0.25, 0.3) is 0 Å². The fourth-order valence-electron chi connectivity index (χ4n) is 3.28. The topological polar surface area (TPSA) is 64.4 Å². The van der Waals surface area contributed by atoms with Crippen molar-refractivity contribution in [2.75, 3.05) is 20.2 Å². The normalized spacial score (nSPS) is 19.3. The van der Waals surface area contributed by atoms with E-state index in [1.54, 1.807) is 24.7 Å². The Balaban J connectivity index is 1.75. The Morgan fingerprint density at radius 1 is 1.33 bits per heavy atom. The Labute approximate surface area is 143 Å². The van der Waals surface area contributed by atoms with Crippen LogP contribution in [-0.2, 0) is 23.5 Å². The Morgan fingerprint density at radius 2 is 2.12 bits per heavy atom. The molecule has 3 rings (SSSR count). The number of ether oxygens (including phenoxy) is 1. The van der Waals surface area contributed by atoms with Crippen LogP contribution in [0.15, 0.2) is 41.6 Å². The molecule has 0 aliphatic carbocycles. The van der Waals surface area contributed by atoms with E-state index in [0.29, 0.717) is 19.0 Å². The lowest BCUT2D eigenvalue weighted by Gasteiger charge is -2.31. The monoisotopic (exact) mass is 349 g/mol. The van der Waals surface area contributed by atoms with Gasteiger partial charge in [-0.15, -0.1) is 0 Å². The molecule has 1 aliphatic heterocycles. The molecule has 0 unspecified atom stereocenters. The van der Waals surface area contributed by atoms with E-state index in [1.165, 1.54) is 10.9 Å². The van der Waals surface area contributed by atoms with Gasteiger partial charge in [0, 0.05) is 26.3 Å². The average Bonchev–Trinajstić information content (AvgIpc) is 3.03. The second-order valence-corrected chi connectivity index (χ2v) is 8.17. The lowest BCUT2D eigenvalue weighted by atomic mass is 9.92. The zero-order valence-corrected chi connectivity index (χ0v) is 14.9. The maximum Gasteiger partial charge on any atom is 0.246 e. The summed E-state index contributed by atoms with van der Waals surface area (Å²) in [6, 6.07) is 7.93. The first kappa shape index (κ1) is 17.0. The van der Waals surface area contributed by atoms with Gasteiger partial charge in [0.05, 0.1) is 13.3 Å². The molecule has 24 heavy (non-hydrogen) atoms. The van der Waals surface area contributed by atoms with Crippen LogP contribution in [0.2, 0.25) is 0 Å². The van der Waals surface area contributed by atoms with Gasteiger partial charge in [0.1, 0.15) is 10.6 Å². The second kappa shape index (κ2) is 6.94. The number of rotatable bonds is 5. The molecule has 1 atom stereocenters. The Morgan fingerprint density at radius 3 is 2.83 bits per heavy atom. The van der Waals surface area contributed by atoms with Crippen LogP contribution in [0.1, 0.15) is 18.4 Å². The van der Waals surface area contributed by atoms with Gasteiger partial charge in [-0.05, 0) is 36.8 Å². The third-order valence-corrected chi connectivity index (χ3v) is 6.32. The molecule has 6 nitrogen and oxygen atoms in total. The minimum Gasteiger partial charge on any atom is -0.496 e. The van der Waals surface area contributed by atoms with E-state index in [-0.39, 0.29) is 4.90 Å². The third kappa shape index (κ3) is 3.47. The zero-order chi connectivity index (χ0) is 17.2. The van der Waals surface area contributed by atoms with Crippen molar-refractivity contribution < 1.29 is 13.2 Å². The van der Waals surface area contributed by atoms with Gasteiger partial charge in [-0.3, -0.25) is 4.68 Å². The second-order valence-electron chi connectivity index (χ2n) is 6.24. The predicted molar refractivity (Wildman–Crippen MR) is 91.4 cm³/mol. The maximum atomic E-state index is 12.8. The number of aromatic nitrogens is 2. The van der Waals surface area contributed by atoms with E-state index in [9.17, 15) is 8.42 Å². The molecule has 2 heterocycles. The third-order valence-electron chi connectivity index (χ3n) is 4.50. The van der Waals surface area contributed by atoms with Gasteiger partial charge in [0.15, 0.2) is 0 Å². The van der Waals surface area contributed by atoms with Gasteiger partial charge >= 0.3 is 0 Å². The van der Waals surface area contributed by atoms with Gasteiger partial charge in [0.25, 0.3) is 0 Å². The number of aryl methyl sites for hydroxylation is 1. The fourth-order valence-corrected chi connectivity index (χ4v) is 4.82. The highest BCUT2D eigenvalue weighted by Gasteiger charge is 2.31. The van der Waals surface area contributed by atoms with E-state index in [4.69, 9.17) is 4.74 Å². The van der Waals surface area contributed by atoms with Crippen molar-refractivity contribution in [1.82, 2.24) is 14.1 Å². The van der Waals surface area contributed by atoms with Crippen LogP contribution in [-0.4, -0.2) is 42.7 Å². The minimum atomic E-state index is -3.46. The van der Waals surface area contributed by atoms with Gasteiger partial charge in [-0.1, -0.05) is 18.2 Å². The molecule has 1 fully saturated rings. The van der Waals surface area contributed by atoms with E-state index < -0.39 is 10.0 Å². The van der Waals surface area contributed by atoms with Gasteiger partial charge in [-0.2, -0.15) is 9.40 Å². The van der Waals surface area contributed by atoms with Gasteiger partial charge in [0.2, 0.25) is 10.0 Å². The summed E-state index contributed by atoms with van der Waals surface area (Å²) in [5.74, 6) is 1.16. The quantitative estimate of drug-likeness (QED) is 0.829. The van der Waals surface area contributed by atoms with Crippen molar-refractivity contribution in [3.05, 3.63) is 42.2 Å². The van der Waals surface area contributed by atoms with Crippen molar-refractivity contribution in [2.45, 2.75) is 24.2 Å². The van der Waals surface area contributed by atoms with E-state index in [0.717, 1.165) is 30.6 Å². The zero-order valence-electron chi connectivity index (χ0n) is 14.1. The Hall–Kier alpha value is -1.86. The number of para-hydroxylation sites is 1. The van der Waals surface area contributed by atoms with E-state index in [2.05, 4.69) is 5.10 Å². The van der Waals surface area contributed by atoms with Crippen LogP contribution in [0, 0.1) is 5.92 Å². The van der Waals surface area contributed by atoms with Crippen molar-refractivity contribution in [3.63, 3.8) is 0 Å². The largest absolute Gasteiger partial charge is 0.496 e. The molecule has 1 aliphatic rings. The van der Waals surface area contributed by atoms with Crippen molar-refractivity contribution in [1.29, 1.82) is 0 Å². The highest BCUT2D eigenvalue weighted by Crippen LogP contribution is 2.28. The number of methoxy groups -OCH3 is 1. The van der Waals surface area contributed by atoms with Crippen molar-refractivity contribution in [3.8, 4) is 5.75 Å². The van der Waals surface area contributed by atoms with Crippen LogP contribution in [0.4, 0.5) is 0 Å². The van der Waals surface area contributed by atoms with E-state index >= 15 is 0 Å². The molecular weight excluding hydrogens is 326 g/mol. The number of hydrogen-bond acceptors (Lipinski definition) is 4. The summed E-state index contributed by atoms with van der Waals surface area (Å²) in [5.41, 5.74) is 1.13. The summed E-state index contributed by atoms with van der Waals surface area (Å²) in [6.07, 6.45) is 5.69. The summed E-state index contributed by atoms with van der Waals surface area (Å²) in [4.78, 5) is 0.267. The summed E-state index contributed by atoms with van der Waals surface area (Å²) >= 11 is 0. The number of hydrogen-bond donors (Lipinski definition) is 0. The molecule has 0 radical (unpaired) electrons. The molecule has 1 aromatic heterocycles. The molecule has 7 heteroatoms. The van der Waals surface area contributed by atoms with E-state index in [1.807, 2.05) is 24.3 Å². The molecule has 0 amide bonds. The SMILES string of the molecule is COc1ccccc1C[C@@H]1CCCN(S(=O)(=O)c2cnn(C)c2)C1. The van der Waals surface area contributed by atoms with Crippen LogP contribution < -0.4 is 4.74 Å². The van der Waals surface area contributed by atoms with Crippen LogP contribution >= 0.6 is 0 Å². The number of benzene rings is 1. The average molecular weight is 349 g/mol. The summed E-state index contributed by atoms with van der Waals surface area (Å²) < 4.78 is 34.1. The summed E-state index contributed by atoms with van der Waals surface area (Å²) in [5, 5.41) is 3.98. The molecule has 0 N–H and O–H groups in total. The summed E-state index contributed by atoms with van der Waals surface area (Å²) in [7, 11) is -0.0759. The smallest absolute Gasteiger partial charge is 0.246 e. The summed E-state index contributed by atoms with van der Waals surface area (Å²) in [6.45, 7) is 1.11. The van der Waals surface area contributed by atoms with Gasteiger partial charge in [-0.25, -0.2) is 8.42 Å². The first-order chi connectivity index (χ1) is 11.5. The number of nitrogens with zero attached hydrogens (tertiary/aromatic N) is 3. The predicted octanol–water partition coefficient (Wildman–Crippen LogP) is 2.07. The molecule has 1 aromatic carbocycles. The lowest BCUT2D eigenvalue weighted by Crippen LogP contribution is -2.40. The molecular formula is C17H23N3O3S. The minimum absolute atomic E-state index is 0.267. The molecule has 0 spiro atoms. The Bertz CT molecular complexity index is 801. The highest BCUT2D eigenvalue weighted by molar-refractivity contribution is 7.89.